The molecular weight excluding hydrogens is 170 g/mol. The minimum atomic E-state index is -0.626. The highest BCUT2D eigenvalue weighted by molar-refractivity contribution is 5.97. The summed E-state index contributed by atoms with van der Waals surface area (Å²) in [7, 11) is 2.90. The summed E-state index contributed by atoms with van der Waals surface area (Å²) in [4.78, 5) is 11.0. The van der Waals surface area contributed by atoms with E-state index in [2.05, 4.69) is 0 Å². The van der Waals surface area contributed by atoms with Gasteiger partial charge in [0, 0.05) is 19.8 Å². The van der Waals surface area contributed by atoms with Crippen molar-refractivity contribution in [3.63, 3.8) is 0 Å². The van der Waals surface area contributed by atoms with E-state index in [9.17, 15) is 4.79 Å². The van der Waals surface area contributed by atoms with Crippen LogP contribution in [0.4, 0.5) is 0 Å². The summed E-state index contributed by atoms with van der Waals surface area (Å²) >= 11 is 0. The van der Waals surface area contributed by atoms with Crippen molar-refractivity contribution in [1.82, 2.24) is 0 Å². The van der Waals surface area contributed by atoms with Crippen LogP contribution in [0.2, 0.25) is 0 Å². The van der Waals surface area contributed by atoms with Crippen LogP contribution in [-0.4, -0.2) is 26.3 Å². The van der Waals surface area contributed by atoms with Gasteiger partial charge in [0.1, 0.15) is 6.07 Å². The Hall–Kier alpha value is -1.18. The van der Waals surface area contributed by atoms with Gasteiger partial charge < -0.3 is 9.47 Å². The van der Waals surface area contributed by atoms with E-state index in [0.29, 0.717) is 5.57 Å². The molecule has 0 rings (SSSR count). The van der Waals surface area contributed by atoms with E-state index < -0.39 is 6.29 Å². The molecule has 72 valence electrons. The van der Waals surface area contributed by atoms with Gasteiger partial charge in [-0.05, 0) is 13.8 Å². The molecule has 0 aromatic rings. The molecular formula is C9H13NO3. The van der Waals surface area contributed by atoms with Gasteiger partial charge >= 0.3 is 0 Å². The molecule has 4 heteroatoms. The maximum absolute atomic E-state index is 11.0. The zero-order chi connectivity index (χ0) is 10.4. The molecule has 0 fully saturated rings. The zero-order valence-electron chi connectivity index (χ0n) is 8.25. The zero-order valence-corrected chi connectivity index (χ0v) is 8.25. The second-order valence-electron chi connectivity index (χ2n) is 2.53. The average Bonchev–Trinajstić information content (AvgIpc) is 2.07. The first-order valence-corrected chi connectivity index (χ1v) is 3.75. The van der Waals surface area contributed by atoms with E-state index in [1.165, 1.54) is 21.1 Å². The van der Waals surface area contributed by atoms with Crippen molar-refractivity contribution in [3.8, 4) is 6.07 Å². The van der Waals surface area contributed by atoms with E-state index in [-0.39, 0.29) is 11.4 Å². The Morgan fingerprint density at radius 2 is 1.77 bits per heavy atom. The van der Waals surface area contributed by atoms with Crippen molar-refractivity contribution in [2.75, 3.05) is 14.2 Å². The van der Waals surface area contributed by atoms with Gasteiger partial charge in [-0.15, -0.1) is 0 Å². The number of nitriles is 1. The maximum atomic E-state index is 11.0. The summed E-state index contributed by atoms with van der Waals surface area (Å²) in [6.07, 6.45) is -0.626. The number of methoxy groups -OCH3 is 2. The molecule has 0 bridgehead atoms. The van der Waals surface area contributed by atoms with Crippen LogP contribution in [0.5, 0.6) is 0 Å². The molecule has 0 amide bonds. The number of hydrogen-bond donors (Lipinski definition) is 0. The van der Waals surface area contributed by atoms with Crippen LogP contribution < -0.4 is 0 Å². The van der Waals surface area contributed by atoms with E-state index in [1.54, 1.807) is 6.92 Å². The Morgan fingerprint density at radius 3 is 2.00 bits per heavy atom. The molecule has 0 aliphatic rings. The largest absolute Gasteiger partial charge is 0.352 e. The number of hydrogen-bond acceptors (Lipinski definition) is 4. The molecule has 0 aromatic carbocycles. The summed E-state index contributed by atoms with van der Waals surface area (Å²) in [6, 6.07) is 1.82. The van der Waals surface area contributed by atoms with Gasteiger partial charge in [-0.3, -0.25) is 4.79 Å². The highest BCUT2D eigenvalue weighted by Gasteiger charge is 2.15. The smallest absolute Gasteiger partial charge is 0.180 e. The minimum absolute atomic E-state index is 0.0914. The Kier molecular flexibility index (Phi) is 4.97. The van der Waals surface area contributed by atoms with Gasteiger partial charge in [0.05, 0.1) is 5.57 Å². The van der Waals surface area contributed by atoms with Gasteiger partial charge in [-0.1, -0.05) is 0 Å². The van der Waals surface area contributed by atoms with Crippen molar-refractivity contribution in [3.05, 3.63) is 11.1 Å². The van der Waals surface area contributed by atoms with Gasteiger partial charge in [0.25, 0.3) is 0 Å². The molecule has 0 aliphatic carbocycles. The van der Waals surface area contributed by atoms with Gasteiger partial charge in [-0.2, -0.15) is 5.26 Å². The number of rotatable bonds is 4. The minimum Gasteiger partial charge on any atom is -0.352 e. The van der Waals surface area contributed by atoms with Crippen molar-refractivity contribution < 1.29 is 14.3 Å². The van der Waals surface area contributed by atoms with Gasteiger partial charge in [-0.25, -0.2) is 0 Å². The molecule has 0 saturated heterocycles. The topological polar surface area (TPSA) is 59.3 Å². The normalized spacial score (nSPS) is 12.3. The third-order valence-electron chi connectivity index (χ3n) is 1.64. The summed E-state index contributed by atoms with van der Waals surface area (Å²) in [5.74, 6) is -0.279. The van der Waals surface area contributed by atoms with Crippen LogP contribution in [0.15, 0.2) is 11.1 Å². The Morgan fingerprint density at radius 1 is 1.31 bits per heavy atom. The van der Waals surface area contributed by atoms with Crippen molar-refractivity contribution in [1.29, 1.82) is 5.26 Å². The molecule has 0 heterocycles. The first-order chi connectivity index (χ1) is 6.08. The molecule has 0 saturated carbocycles. The van der Waals surface area contributed by atoms with Gasteiger partial charge in [0.2, 0.25) is 0 Å². The lowest BCUT2D eigenvalue weighted by Crippen LogP contribution is -2.17. The van der Waals surface area contributed by atoms with Gasteiger partial charge in [0.15, 0.2) is 12.1 Å². The number of Topliss-reactive ketones (excluding diaryl/α,β-unsaturated/α-hetero) is 1. The molecule has 13 heavy (non-hydrogen) atoms. The summed E-state index contributed by atoms with van der Waals surface area (Å²) < 4.78 is 9.82. The summed E-state index contributed by atoms with van der Waals surface area (Å²) in [5.41, 5.74) is 0.591. The van der Waals surface area contributed by atoms with Crippen LogP contribution in [0.1, 0.15) is 13.8 Å². The lowest BCUT2D eigenvalue weighted by Gasteiger charge is -2.14. The second kappa shape index (κ2) is 5.46. The lowest BCUT2D eigenvalue weighted by atomic mass is 10.1. The SMILES string of the molecule is COC(OC)/C(C)=C(/C#N)C(C)=O. The average molecular weight is 183 g/mol. The lowest BCUT2D eigenvalue weighted by molar-refractivity contribution is -0.114. The Bertz CT molecular complexity index is 259. The molecule has 0 aliphatic heterocycles. The predicted octanol–water partition coefficient (Wildman–Crippen LogP) is 1.03. The number of nitrogens with zero attached hydrogens (tertiary/aromatic N) is 1. The number of carbonyl (C=O) groups is 1. The fraction of sp³-hybridized carbons (Fsp3) is 0.556. The van der Waals surface area contributed by atoms with E-state index in [0.717, 1.165) is 0 Å². The summed E-state index contributed by atoms with van der Waals surface area (Å²) in [6.45, 7) is 2.97. The fourth-order valence-corrected chi connectivity index (χ4v) is 1.01. The number of ether oxygens (including phenoxy) is 2. The van der Waals surface area contributed by atoms with E-state index in [1.807, 2.05) is 6.07 Å². The van der Waals surface area contributed by atoms with Crippen molar-refractivity contribution >= 4 is 5.78 Å². The van der Waals surface area contributed by atoms with E-state index >= 15 is 0 Å². The fourth-order valence-electron chi connectivity index (χ4n) is 1.01. The molecule has 0 unspecified atom stereocenters. The summed E-state index contributed by atoms with van der Waals surface area (Å²) in [5, 5.41) is 8.67. The van der Waals surface area contributed by atoms with Crippen molar-refractivity contribution in [2.24, 2.45) is 0 Å². The highest BCUT2D eigenvalue weighted by atomic mass is 16.7. The molecule has 4 nitrogen and oxygen atoms in total. The van der Waals surface area contributed by atoms with Crippen LogP contribution in [0, 0.1) is 11.3 Å². The maximum Gasteiger partial charge on any atom is 0.180 e. The van der Waals surface area contributed by atoms with Crippen molar-refractivity contribution in [2.45, 2.75) is 20.1 Å². The monoisotopic (exact) mass is 183 g/mol. The number of carbonyl (C=O) groups excluding carboxylic acids is 1. The van der Waals surface area contributed by atoms with E-state index in [4.69, 9.17) is 14.7 Å². The number of ketones is 1. The quantitative estimate of drug-likeness (QED) is 0.371. The predicted molar refractivity (Wildman–Crippen MR) is 46.8 cm³/mol. The third-order valence-corrected chi connectivity index (χ3v) is 1.64. The second-order valence-corrected chi connectivity index (χ2v) is 2.53. The molecule has 0 aromatic heterocycles. The molecule has 0 radical (unpaired) electrons. The molecule has 0 atom stereocenters. The first kappa shape index (κ1) is 11.8. The van der Waals surface area contributed by atoms with Crippen LogP contribution in [0.25, 0.3) is 0 Å². The van der Waals surface area contributed by atoms with Crippen LogP contribution in [-0.2, 0) is 14.3 Å². The van der Waals surface area contributed by atoms with Crippen LogP contribution in [0.3, 0.4) is 0 Å². The third kappa shape index (κ3) is 2.98. The van der Waals surface area contributed by atoms with Crippen LogP contribution >= 0.6 is 0 Å². The number of allylic oxidation sites excluding steroid dienone is 1. The molecule has 0 N–H and O–H groups in total. The first-order valence-electron chi connectivity index (χ1n) is 3.75. The Balaban J connectivity index is 4.96. The Labute approximate surface area is 77.8 Å². The highest BCUT2D eigenvalue weighted by Crippen LogP contribution is 2.12. The molecule has 0 spiro atoms. The standard InChI is InChI=1S/C9H13NO3/c1-6(9(12-3)13-4)8(5-10)7(2)11/h9H,1-4H3/b8-6-.